The van der Waals surface area contributed by atoms with E-state index in [0.29, 0.717) is 49.1 Å². The number of methoxy groups -OCH3 is 2. The molecule has 0 saturated carbocycles. The third-order valence-corrected chi connectivity index (χ3v) is 15.3. The Morgan fingerprint density at radius 1 is 0.559 bits per heavy atom. The second-order valence-electron chi connectivity index (χ2n) is 17.6. The van der Waals surface area contributed by atoms with Gasteiger partial charge in [-0.3, -0.25) is 0 Å². The van der Waals surface area contributed by atoms with Gasteiger partial charge in [0.15, 0.2) is 0 Å². The summed E-state index contributed by atoms with van der Waals surface area (Å²) in [5, 5.41) is 26.9. The molecule has 0 fully saturated rings. The molecular weight excluding hydrogens is 999 g/mol. The van der Waals surface area contributed by atoms with Gasteiger partial charge in [-0.1, -0.05) is 105 Å². The second-order valence-corrected chi connectivity index (χ2v) is 20.9. The molecule has 18 nitrogen and oxygen atoms in total. The van der Waals surface area contributed by atoms with Gasteiger partial charge >= 0.3 is 36.0 Å². The Hall–Kier alpha value is -4.41. The summed E-state index contributed by atoms with van der Waals surface area (Å²) >= 11 is 8.09. The molecule has 6 amide bonds. The van der Waals surface area contributed by atoms with Gasteiger partial charge < -0.3 is 45.2 Å². The number of thiazole rings is 3. The number of carboxylic acids is 1. The molecule has 3 heterocycles. The van der Waals surface area contributed by atoms with Crippen molar-refractivity contribution in [1.82, 2.24) is 45.6 Å². The average Bonchev–Trinajstić information content (AvgIpc) is 4.10. The minimum Gasteiger partial charge on any atom is -0.480 e. The van der Waals surface area contributed by atoms with Gasteiger partial charge in [-0.25, -0.2) is 43.7 Å². The Morgan fingerprint density at radius 3 is 1.07 bits per heavy atom. The fourth-order valence-corrected chi connectivity index (χ4v) is 8.64. The topological polar surface area (TPSA) is 226 Å². The van der Waals surface area contributed by atoms with E-state index in [1.165, 1.54) is 28.9 Å². The van der Waals surface area contributed by atoms with Crippen LogP contribution in [0.4, 0.5) is 14.4 Å². The molecule has 0 spiro atoms. The summed E-state index contributed by atoms with van der Waals surface area (Å²) in [7, 11) is 7.65. The zero-order valence-corrected chi connectivity index (χ0v) is 46.7. The summed E-state index contributed by atoms with van der Waals surface area (Å²) in [6.45, 7) is 23.1. The summed E-state index contributed by atoms with van der Waals surface area (Å²) in [4.78, 5) is 89.7. The fourth-order valence-electron chi connectivity index (χ4n) is 5.78. The van der Waals surface area contributed by atoms with Crippen LogP contribution in [0.15, 0.2) is 16.1 Å². The normalized spacial score (nSPS) is 13.6. The number of nitrogens with one attached hydrogen (secondary N) is 3. The molecule has 3 unspecified atom stereocenters. The Balaban J connectivity index is 0.000000510. The number of aromatic nitrogens is 3. The van der Waals surface area contributed by atoms with E-state index in [0.717, 1.165) is 38.5 Å². The van der Waals surface area contributed by atoms with Crippen LogP contribution in [0.25, 0.3) is 0 Å². The summed E-state index contributed by atoms with van der Waals surface area (Å²) in [6, 6.07) is -3.22. The number of hydrogen-bond acceptors (Lipinski definition) is 14. The number of carbonyl (C=O) groups is 6. The Bertz CT molecular complexity index is 1930. The summed E-state index contributed by atoms with van der Waals surface area (Å²) in [5.74, 6) is -0.962. The maximum atomic E-state index is 12.3. The van der Waals surface area contributed by atoms with Crippen molar-refractivity contribution in [2.45, 2.75) is 145 Å². The third-order valence-electron chi connectivity index (χ3n) is 10.7. The van der Waals surface area contributed by atoms with Crippen LogP contribution < -0.4 is 16.0 Å². The molecule has 4 N–H and O–H groups in total. The third kappa shape index (κ3) is 20.7. The number of urea groups is 3. The molecule has 3 rings (SSSR count). The first-order valence-corrected chi connectivity index (χ1v) is 26.4. The molecule has 3 aromatic rings. The van der Waals surface area contributed by atoms with E-state index >= 15 is 0 Å². The van der Waals surface area contributed by atoms with Crippen molar-refractivity contribution < 1.29 is 43.3 Å². The fraction of sp³-hybridized carbons (Fsp3) is 0.674. The van der Waals surface area contributed by atoms with Gasteiger partial charge in [0.2, 0.25) is 0 Å². The Morgan fingerprint density at radius 2 is 0.838 bits per heavy atom. The van der Waals surface area contributed by atoms with E-state index in [1.807, 2.05) is 50.8 Å². The van der Waals surface area contributed by atoms with Crippen molar-refractivity contribution in [2.75, 3.05) is 40.7 Å². The highest BCUT2D eigenvalue weighted by atomic mass is 79.9. The zero-order chi connectivity index (χ0) is 52.0. The van der Waals surface area contributed by atoms with Crippen molar-refractivity contribution >= 4 is 85.9 Å². The van der Waals surface area contributed by atoms with Gasteiger partial charge in [-0.05, 0) is 17.8 Å². The smallest absolute Gasteiger partial charge is 0.328 e. The number of hydrogen-bond donors (Lipinski definition) is 4. The van der Waals surface area contributed by atoms with Gasteiger partial charge in [-0.2, -0.15) is 0 Å². The molecular formula is C46H76BrN9O9S3. The monoisotopic (exact) mass is 1070 g/mol. The summed E-state index contributed by atoms with van der Waals surface area (Å²) < 4.78 is 9.54. The summed E-state index contributed by atoms with van der Waals surface area (Å²) in [5.41, 5.74) is 2.52. The first-order chi connectivity index (χ1) is 31.8. The highest BCUT2D eigenvalue weighted by Crippen LogP contribution is 2.22. The van der Waals surface area contributed by atoms with Gasteiger partial charge in [0.25, 0.3) is 0 Å². The first-order valence-electron chi connectivity index (χ1n) is 22.7. The number of rotatable bonds is 21. The van der Waals surface area contributed by atoms with E-state index in [2.05, 4.69) is 88.4 Å². The molecule has 3 aromatic heterocycles. The molecule has 0 aliphatic heterocycles. The number of nitrogens with zero attached hydrogens (tertiary/aromatic N) is 6. The number of carboxylic acid groups (broad SMARTS) is 1. The number of ether oxygens (including phenoxy) is 2. The summed E-state index contributed by atoms with van der Waals surface area (Å²) in [6.07, 6.45) is 1.46. The van der Waals surface area contributed by atoms with E-state index in [4.69, 9.17) is 9.47 Å². The molecule has 0 saturated heterocycles. The number of alkyl halides is 1. The predicted octanol–water partition coefficient (Wildman–Crippen LogP) is 8.88. The second kappa shape index (κ2) is 30.9. The number of halogens is 1. The predicted molar refractivity (Wildman–Crippen MR) is 274 cm³/mol. The molecule has 0 radical (unpaired) electrons. The van der Waals surface area contributed by atoms with Crippen molar-refractivity contribution in [3.63, 3.8) is 0 Å². The average molecular weight is 1080 g/mol. The van der Waals surface area contributed by atoms with Crippen molar-refractivity contribution in [1.29, 1.82) is 0 Å². The number of amides is 6. The maximum Gasteiger partial charge on any atom is 0.328 e. The SMILES string of the molecule is CCC(C)[C@H](NC(=O)N(C)Cc1csc(C(C)C)n1)C(=O)O.CCC(C)[C@H](NC(=O)N(C)Cc1csc(C(C)C)n1)C(=O)OC.COC(=O)[C@@H](NC(=O)N(C)Cc1csc(C(C)C)n1)C(C)CBr. The largest absolute Gasteiger partial charge is 0.480 e. The van der Waals surface area contributed by atoms with Gasteiger partial charge in [0, 0.05) is 60.4 Å². The van der Waals surface area contributed by atoms with Gasteiger partial charge in [-0.15, -0.1) is 34.0 Å². The first kappa shape index (κ1) is 61.6. The lowest BCUT2D eigenvalue weighted by atomic mass is 9.99. The van der Waals surface area contributed by atoms with Crippen LogP contribution in [-0.2, 0) is 43.5 Å². The van der Waals surface area contributed by atoms with Crippen LogP contribution in [0.3, 0.4) is 0 Å². The zero-order valence-electron chi connectivity index (χ0n) is 42.7. The Labute approximate surface area is 423 Å². The van der Waals surface area contributed by atoms with Crippen LogP contribution in [0.5, 0.6) is 0 Å². The van der Waals surface area contributed by atoms with Crippen LogP contribution in [-0.4, -0.2) is 130 Å². The van der Waals surface area contributed by atoms with Gasteiger partial charge in [0.05, 0.1) is 66.0 Å². The molecule has 0 aliphatic carbocycles. The lowest BCUT2D eigenvalue weighted by molar-refractivity contribution is -0.144. The molecule has 68 heavy (non-hydrogen) atoms. The molecule has 6 atom stereocenters. The van der Waals surface area contributed by atoms with Crippen molar-refractivity contribution in [2.24, 2.45) is 17.8 Å². The number of carbonyl (C=O) groups excluding carboxylic acids is 5. The quantitative estimate of drug-likeness (QED) is 0.0580. The standard InChI is InChI=1S/C16H27N3O3S.C15H24BrN3O3S.C15H25N3O3S/c1-7-11(4)13(15(20)22-6)18-16(21)19(5)8-12-9-23-14(17-12)10(2)3;1-9(2)13-17-11(8-23-13)7-19(4)15(21)18-12(10(3)6-16)14(20)22-5;1-6-10(4)12(14(19)20)17-15(21)18(5)7-11-8-22-13(16-11)9(2)3/h9-11,13H,7-8H2,1-6H3,(H,18,21);8-10,12H,6-7H2,1-5H3,(H,18,21);8-10,12H,6-7H2,1-5H3,(H,17,21)(H,19,20)/t11?,13-;2*10?,12-/m000/s1. The highest BCUT2D eigenvalue weighted by molar-refractivity contribution is 9.09. The van der Waals surface area contributed by atoms with Crippen LogP contribution in [0.1, 0.15) is 139 Å². The number of aliphatic carboxylic acids is 1. The minimum absolute atomic E-state index is 0.00613. The Kier molecular flexibility index (Phi) is 28.0. The highest BCUT2D eigenvalue weighted by Gasteiger charge is 2.30. The van der Waals surface area contributed by atoms with Crippen molar-refractivity contribution in [3.8, 4) is 0 Å². The van der Waals surface area contributed by atoms with Crippen LogP contribution in [0, 0.1) is 17.8 Å². The molecule has 0 aromatic carbocycles. The minimum atomic E-state index is -1.01. The van der Waals surface area contributed by atoms with Gasteiger partial charge in [0.1, 0.15) is 18.1 Å². The van der Waals surface area contributed by atoms with Crippen LogP contribution >= 0.6 is 49.9 Å². The van der Waals surface area contributed by atoms with E-state index in [-0.39, 0.29) is 29.8 Å². The van der Waals surface area contributed by atoms with E-state index in [9.17, 15) is 33.9 Å². The van der Waals surface area contributed by atoms with Crippen molar-refractivity contribution in [3.05, 3.63) is 48.2 Å². The lowest BCUT2D eigenvalue weighted by Crippen LogP contribution is -2.50. The molecule has 0 aliphatic rings. The van der Waals surface area contributed by atoms with E-state index < -0.39 is 42.1 Å². The number of esters is 2. The molecule has 22 heteroatoms. The molecule has 384 valence electrons. The van der Waals surface area contributed by atoms with E-state index in [1.54, 1.807) is 55.2 Å². The lowest BCUT2D eigenvalue weighted by Gasteiger charge is -2.25. The van der Waals surface area contributed by atoms with Crippen LogP contribution in [0.2, 0.25) is 0 Å². The maximum absolute atomic E-state index is 12.3. The molecule has 0 bridgehead atoms.